The van der Waals surface area contributed by atoms with Gasteiger partial charge in [-0.3, -0.25) is 14.4 Å². The average Bonchev–Trinajstić information content (AvgIpc) is 2.97. The van der Waals surface area contributed by atoms with Crippen LogP contribution in [-0.4, -0.2) is 47.8 Å². The topological polar surface area (TPSA) is 83.7 Å². The number of rotatable bonds is 4. The van der Waals surface area contributed by atoms with E-state index in [9.17, 15) is 14.4 Å². The summed E-state index contributed by atoms with van der Waals surface area (Å²) in [6.07, 6.45) is 4.05. The number of Topliss-reactive ketones (excluding diaryl/α,β-unsaturated/α-hetero) is 1. The summed E-state index contributed by atoms with van der Waals surface area (Å²) in [7, 11) is 3.23. The minimum absolute atomic E-state index is 0.158. The van der Waals surface area contributed by atoms with Gasteiger partial charge >= 0.3 is 0 Å². The molecule has 0 aromatic rings. The largest absolute Gasteiger partial charge is 0.321 e. The van der Waals surface area contributed by atoms with Crippen LogP contribution in [0.25, 0.3) is 0 Å². The highest BCUT2D eigenvalue weighted by Gasteiger charge is 2.51. The Hall–Kier alpha value is -1.27. The van der Waals surface area contributed by atoms with Crippen molar-refractivity contribution in [1.82, 2.24) is 10.0 Å². The predicted molar refractivity (Wildman–Crippen MR) is 73.1 cm³/mol. The Balaban J connectivity index is 2.17. The van der Waals surface area contributed by atoms with E-state index in [0.29, 0.717) is 0 Å². The average molecular weight is 281 g/mol. The number of carbonyl (C=O) groups is 3. The Labute approximate surface area is 119 Å². The lowest BCUT2D eigenvalue weighted by molar-refractivity contribution is -0.154. The maximum absolute atomic E-state index is 12.5. The molecule has 2 fully saturated rings. The summed E-state index contributed by atoms with van der Waals surface area (Å²) in [4.78, 5) is 36.9. The van der Waals surface area contributed by atoms with E-state index in [4.69, 9.17) is 5.73 Å². The van der Waals surface area contributed by atoms with E-state index in [0.717, 1.165) is 30.7 Å². The number of nitrogens with zero attached hydrogens (tertiary/aromatic N) is 2. The minimum atomic E-state index is -0.916. The molecule has 1 heterocycles. The third-order valence-corrected chi connectivity index (χ3v) is 4.52. The lowest BCUT2D eigenvalue weighted by Crippen LogP contribution is -2.46. The van der Waals surface area contributed by atoms with Gasteiger partial charge in [0.1, 0.15) is 5.92 Å². The van der Waals surface area contributed by atoms with Crippen LogP contribution in [0, 0.1) is 17.8 Å². The molecule has 0 radical (unpaired) electrons. The molecule has 1 saturated carbocycles. The number of imide groups is 1. The highest BCUT2D eigenvalue weighted by molar-refractivity contribution is 6.16. The number of hydrogen-bond acceptors (Lipinski definition) is 5. The summed E-state index contributed by atoms with van der Waals surface area (Å²) < 4.78 is 0. The van der Waals surface area contributed by atoms with Crippen LogP contribution in [-0.2, 0) is 14.4 Å². The zero-order valence-corrected chi connectivity index (χ0v) is 12.3. The molecule has 6 heteroatoms. The smallest absolute Gasteiger partial charge is 0.255 e. The second kappa shape index (κ2) is 5.61. The molecule has 2 aliphatic rings. The van der Waals surface area contributed by atoms with Gasteiger partial charge in [-0.2, -0.15) is 0 Å². The zero-order valence-electron chi connectivity index (χ0n) is 12.3. The normalized spacial score (nSPS) is 29.6. The van der Waals surface area contributed by atoms with Gasteiger partial charge in [0, 0.05) is 14.1 Å². The van der Waals surface area contributed by atoms with Crippen molar-refractivity contribution in [2.24, 2.45) is 23.5 Å². The zero-order chi connectivity index (χ0) is 15.0. The first-order valence-corrected chi connectivity index (χ1v) is 7.20. The molecule has 0 bridgehead atoms. The summed E-state index contributed by atoms with van der Waals surface area (Å²) in [5.74, 6) is -2.41. The van der Waals surface area contributed by atoms with E-state index in [2.05, 4.69) is 0 Å². The number of hydrazine groups is 1. The van der Waals surface area contributed by atoms with Gasteiger partial charge in [0.05, 0.1) is 12.0 Å². The Morgan fingerprint density at radius 3 is 2.25 bits per heavy atom. The van der Waals surface area contributed by atoms with E-state index in [1.165, 1.54) is 5.01 Å². The summed E-state index contributed by atoms with van der Waals surface area (Å²) in [5.41, 5.74) is 6.05. The molecule has 2 rings (SSSR count). The molecule has 1 aliphatic carbocycles. The monoisotopic (exact) mass is 281 g/mol. The third kappa shape index (κ3) is 2.38. The molecule has 2 amide bonds. The molecule has 6 nitrogen and oxygen atoms in total. The van der Waals surface area contributed by atoms with Gasteiger partial charge in [-0.15, -0.1) is 0 Å². The molecule has 112 valence electrons. The van der Waals surface area contributed by atoms with Crippen molar-refractivity contribution in [3.8, 4) is 0 Å². The number of ketones is 1. The Kier molecular flexibility index (Phi) is 4.25. The van der Waals surface area contributed by atoms with Gasteiger partial charge in [0.2, 0.25) is 5.91 Å². The first-order chi connectivity index (χ1) is 9.36. The minimum Gasteiger partial charge on any atom is -0.321 e. The fourth-order valence-electron chi connectivity index (χ4n) is 3.31. The molecule has 0 aromatic carbocycles. The van der Waals surface area contributed by atoms with Gasteiger partial charge in [0.15, 0.2) is 5.78 Å². The molecule has 1 saturated heterocycles. The highest BCUT2D eigenvalue weighted by Crippen LogP contribution is 2.33. The number of nitrogens with two attached hydrogens (primary N) is 1. The molecule has 0 unspecified atom stereocenters. The van der Waals surface area contributed by atoms with Crippen molar-refractivity contribution in [2.45, 2.75) is 38.6 Å². The molecule has 0 spiro atoms. The van der Waals surface area contributed by atoms with Crippen molar-refractivity contribution < 1.29 is 14.4 Å². The summed E-state index contributed by atoms with van der Waals surface area (Å²) in [5, 5.41) is 2.48. The van der Waals surface area contributed by atoms with Crippen molar-refractivity contribution in [3.05, 3.63) is 0 Å². The quantitative estimate of drug-likeness (QED) is 0.586. The highest BCUT2D eigenvalue weighted by atomic mass is 16.2. The van der Waals surface area contributed by atoms with E-state index in [1.807, 2.05) is 0 Å². The Bertz CT molecular complexity index is 429. The molecular formula is C14H23N3O3. The van der Waals surface area contributed by atoms with Gasteiger partial charge in [-0.05, 0) is 18.8 Å². The van der Waals surface area contributed by atoms with E-state index >= 15 is 0 Å². The second-order valence-electron chi connectivity index (χ2n) is 6.07. The van der Waals surface area contributed by atoms with Crippen molar-refractivity contribution in [1.29, 1.82) is 0 Å². The number of carbonyl (C=O) groups excluding carboxylic acids is 3. The van der Waals surface area contributed by atoms with Crippen LogP contribution in [0.3, 0.4) is 0 Å². The van der Waals surface area contributed by atoms with Crippen LogP contribution in [0.4, 0.5) is 0 Å². The molecule has 1 aliphatic heterocycles. The third-order valence-electron chi connectivity index (χ3n) is 4.52. The fraction of sp³-hybridized carbons (Fsp3) is 0.786. The van der Waals surface area contributed by atoms with Crippen LogP contribution in [0.1, 0.15) is 32.6 Å². The molecule has 20 heavy (non-hydrogen) atoms. The fourth-order valence-corrected chi connectivity index (χ4v) is 3.31. The van der Waals surface area contributed by atoms with E-state index in [1.54, 1.807) is 21.0 Å². The summed E-state index contributed by atoms with van der Waals surface area (Å²) >= 11 is 0. The van der Waals surface area contributed by atoms with Gasteiger partial charge < -0.3 is 5.73 Å². The number of hydrogen-bond donors (Lipinski definition) is 1. The maximum atomic E-state index is 12.5. The van der Waals surface area contributed by atoms with E-state index in [-0.39, 0.29) is 17.6 Å². The Morgan fingerprint density at radius 1 is 1.25 bits per heavy atom. The van der Waals surface area contributed by atoms with Crippen molar-refractivity contribution in [3.63, 3.8) is 0 Å². The van der Waals surface area contributed by atoms with Gasteiger partial charge in [-0.1, -0.05) is 19.8 Å². The molecule has 2 N–H and O–H groups in total. The molecular weight excluding hydrogens is 258 g/mol. The van der Waals surface area contributed by atoms with Crippen molar-refractivity contribution >= 4 is 17.6 Å². The lowest BCUT2D eigenvalue weighted by Gasteiger charge is -2.23. The first-order valence-electron chi connectivity index (χ1n) is 7.20. The summed E-state index contributed by atoms with van der Waals surface area (Å²) in [6, 6.07) is -0.621. The van der Waals surface area contributed by atoms with Crippen LogP contribution in [0.15, 0.2) is 0 Å². The van der Waals surface area contributed by atoms with Crippen LogP contribution >= 0.6 is 0 Å². The van der Waals surface area contributed by atoms with Crippen LogP contribution in [0.2, 0.25) is 0 Å². The summed E-state index contributed by atoms with van der Waals surface area (Å²) in [6.45, 7) is 1.63. The molecule has 0 aromatic heterocycles. The van der Waals surface area contributed by atoms with Crippen LogP contribution in [0.5, 0.6) is 0 Å². The van der Waals surface area contributed by atoms with Gasteiger partial charge in [-0.25, -0.2) is 10.0 Å². The maximum Gasteiger partial charge on any atom is 0.255 e. The van der Waals surface area contributed by atoms with Gasteiger partial charge in [0.25, 0.3) is 5.91 Å². The van der Waals surface area contributed by atoms with Crippen molar-refractivity contribution in [2.75, 3.05) is 14.1 Å². The first kappa shape index (κ1) is 15.1. The Morgan fingerprint density at radius 2 is 1.80 bits per heavy atom. The lowest BCUT2D eigenvalue weighted by atomic mass is 9.84. The standard InChI is InChI=1S/C14H23N3O3/c1-8-10(14(20)17(13(8)19)16(2)3)12(18)11(15)9-6-4-5-7-9/h8-11H,4-7,15H2,1-3H3/t8-,10+,11-/m0/s1. The van der Waals surface area contributed by atoms with E-state index < -0.39 is 23.8 Å². The number of amides is 2. The van der Waals surface area contributed by atoms with Crippen LogP contribution < -0.4 is 5.73 Å². The second-order valence-corrected chi connectivity index (χ2v) is 6.07. The molecule has 3 atom stereocenters. The predicted octanol–water partition coefficient (Wildman–Crippen LogP) is 0.171. The SMILES string of the molecule is C[C@@H]1C(=O)N(N(C)C)C(=O)[C@H]1C(=O)[C@@H](N)C1CCCC1.